The van der Waals surface area contributed by atoms with Gasteiger partial charge >= 0.3 is 5.97 Å². The summed E-state index contributed by atoms with van der Waals surface area (Å²) < 4.78 is 5.59. The minimum Gasteiger partial charge on any atom is -0.465 e. The first-order valence-electron chi connectivity index (χ1n) is 12.5. The van der Waals surface area contributed by atoms with Crippen LogP contribution in [0.15, 0.2) is 0 Å². The first kappa shape index (κ1) is 24.0. The van der Waals surface area contributed by atoms with Gasteiger partial charge in [-0.3, -0.25) is 4.79 Å². The Bertz CT molecular complexity index is 395. The van der Waals surface area contributed by atoms with Crippen molar-refractivity contribution in [1.29, 1.82) is 0 Å². The van der Waals surface area contributed by atoms with Crippen LogP contribution in [0.4, 0.5) is 0 Å². The highest BCUT2D eigenvalue weighted by molar-refractivity contribution is 6.20. The summed E-state index contributed by atoms with van der Waals surface area (Å²) in [5, 5.41) is 0.411. The van der Waals surface area contributed by atoms with E-state index < -0.39 is 0 Å². The molecule has 2 rings (SSSR count). The third-order valence-corrected chi connectivity index (χ3v) is 7.65. The lowest BCUT2D eigenvalue weighted by Gasteiger charge is -2.36. The van der Waals surface area contributed by atoms with Gasteiger partial charge in [-0.25, -0.2) is 0 Å². The Morgan fingerprint density at radius 1 is 0.714 bits per heavy atom. The molecule has 2 aliphatic carbocycles. The highest BCUT2D eigenvalue weighted by Gasteiger charge is 2.33. The first-order chi connectivity index (χ1) is 13.7. The first-order valence-corrected chi connectivity index (χ1v) is 12.9. The lowest BCUT2D eigenvalue weighted by Crippen LogP contribution is -2.29. The van der Waals surface area contributed by atoms with Crippen molar-refractivity contribution in [3.8, 4) is 0 Å². The summed E-state index contributed by atoms with van der Waals surface area (Å²) in [6.45, 7) is 2.90. The third-order valence-electron chi connectivity index (χ3n) is 7.22. The summed E-state index contributed by atoms with van der Waals surface area (Å²) in [5.41, 5.74) is 0. The van der Waals surface area contributed by atoms with Gasteiger partial charge in [0.15, 0.2) is 0 Å². The van der Waals surface area contributed by atoms with Gasteiger partial charge < -0.3 is 4.74 Å². The van der Waals surface area contributed by atoms with Crippen LogP contribution in [0.3, 0.4) is 0 Å². The molecule has 28 heavy (non-hydrogen) atoms. The minimum atomic E-state index is 0.0823. The zero-order valence-electron chi connectivity index (χ0n) is 18.4. The van der Waals surface area contributed by atoms with E-state index in [9.17, 15) is 4.79 Å². The second-order valence-corrected chi connectivity index (χ2v) is 10.1. The smallest absolute Gasteiger partial charge is 0.308 e. The lowest BCUT2D eigenvalue weighted by molar-refractivity contribution is -0.150. The third kappa shape index (κ3) is 9.51. The second-order valence-electron chi connectivity index (χ2n) is 9.47. The predicted molar refractivity (Wildman–Crippen MR) is 120 cm³/mol. The van der Waals surface area contributed by atoms with Crippen molar-refractivity contribution in [3.05, 3.63) is 0 Å². The Labute approximate surface area is 179 Å². The molecule has 2 aliphatic rings. The van der Waals surface area contributed by atoms with Crippen LogP contribution in [0.25, 0.3) is 0 Å². The van der Waals surface area contributed by atoms with E-state index in [2.05, 4.69) is 6.92 Å². The average Bonchev–Trinajstić information content (AvgIpc) is 2.72. The van der Waals surface area contributed by atoms with Gasteiger partial charge in [-0.15, -0.1) is 11.6 Å². The molecule has 0 spiro atoms. The molecule has 3 heteroatoms. The van der Waals surface area contributed by atoms with Gasteiger partial charge in [-0.2, -0.15) is 0 Å². The van der Waals surface area contributed by atoms with Crippen LogP contribution in [0.1, 0.15) is 122 Å². The second kappa shape index (κ2) is 14.7. The van der Waals surface area contributed by atoms with Gasteiger partial charge in [-0.1, -0.05) is 64.7 Å². The normalized spacial score (nSPS) is 28.2. The van der Waals surface area contributed by atoms with E-state index in [0.29, 0.717) is 12.0 Å². The monoisotopic (exact) mass is 412 g/mol. The topological polar surface area (TPSA) is 26.3 Å². The maximum Gasteiger partial charge on any atom is 0.308 e. The van der Waals surface area contributed by atoms with Gasteiger partial charge in [0.25, 0.3) is 0 Å². The molecular weight excluding hydrogens is 368 g/mol. The molecular formula is C25H45ClO2. The summed E-state index contributed by atoms with van der Waals surface area (Å²) >= 11 is 6.24. The van der Waals surface area contributed by atoms with Crippen molar-refractivity contribution in [2.24, 2.45) is 17.8 Å². The van der Waals surface area contributed by atoms with Crippen molar-refractivity contribution < 1.29 is 9.53 Å². The SMILES string of the molecule is CCCCCCCCCCCCOC(=O)C1CCC(C2CCC(Cl)CC2)CC1. The largest absolute Gasteiger partial charge is 0.465 e. The van der Waals surface area contributed by atoms with Crippen molar-refractivity contribution in [3.63, 3.8) is 0 Å². The lowest BCUT2D eigenvalue weighted by atomic mass is 9.71. The van der Waals surface area contributed by atoms with Crippen LogP contribution in [-0.4, -0.2) is 18.0 Å². The zero-order chi connectivity index (χ0) is 20.0. The van der Waals surface area contributed by atoms with Crippen molar-refractivity contribution >= 4 is 17.6 Å². The molecule has 164 valence electrons. The molecule has 2 fully saturated rings. The van der Waals surface area contributed by atoms with Crippen LogP contribution in [-0.2, 0) is 9.53 Å². The number of halogens is 1. The standard InChI is InChI=1S/C25H45ClO2/c1-2-3-4-5-6-7-8-9-10-11-20-28-25(27)23-14-12-21(13-15-23)22-16-18-24(26)19-17-22/h21-24H,2-20H2,1H3. The molecule has 2 saturated carbocycles. The molecule has 2 nitrogen and oxygen atoms in total. The fraction of sp³-hybridized carbons (Fsp3) is 0.960. The molecule has 0 unspecified atom stereocenters. The Morgan fingerprint density at radius 2 is 1.18 bits per heavy atom. The minimum absolute atomic E-state index is 0.0823. The molecule has 0 aliphatic heterocycles. The molecule has 0 radical (unpaired) electrons. The maximum atomic E-state index is 12.3. The number of esters is 1. The molecule has 0 bridgehead atoms. The van der Waals surface area contributed by atoms with E-state index in [-0.39, 0.29) is 11.9 Å². The molecule has 0 aromatic rings. The summed E-state index contributed by atoms with van der Waals surface area (Å²) in [6.07, 6.45) is 22.7. The molecule has 0 saturated heterocycles. The average molecular weight is 413 g/mol. The number of rotatable bonds is 13. The van der Waals surface area contributed by atoms with E-state index in [1.54, 1.807) is 0 Å². The molecule has 0 aromatic carbocycles. The molecule has 0 N–H and O–H groups in total. The number of hydrogen-bond donors (Lipinski definition) is 0. The summed E-state index contributed by atoms with van der Waals surface area (Å²) in [7, 11) is 0. The fourth-order valence-electron chi connectivity index (χ4n) is 5.26. The van der Waals surface area contributed by atoms with E-state index in [1.165, 1.54) is 96.3 Å². The number of hydrogen-bond acceptors (Lipinski definition) is 2. The number of alkyl halides is 1. The van der Waals surface area contributed by atoms with Crippen LogP contribution < -0.4 is 0 Å². The predicted octanol–water partition coefficient (Wildman–Crippen LogP) is 8.05. The van der Waals surface area contributed by atoms with Crippen LogP contribution in [0.2, 0.25) is 0 Å². The number of ether oxygens (including phenoxy) is 1. The molecule has 0 atom stereocenters. The summed E-state index contributed by atoms with van der Waals surface area (Å²) in [6, 6.07) is 0. The summed E-state index contributed by atoms with van der Waals surface area (Å²) in [4.78, 5) is 12.3. The highest BCUT2D eigenvalue weighted by Crippen LogP contribution is 2.41. The Morgan fingerprint density at radius 3 is 1.71 bits per heavy atom. The Balaban J connectivity index is 1.43. The van der Waals surface area contributed by atoms with E-state index >= 15 is 0 Å². The van der Waals surface area contributed by atoms with Gasteiger partial charge in [-0.05, 0) is 69.6 Å². The maximum absolute atomic E-state index is 12.3. The van der Waals surface area contributed by atoms with E-state index in [4.69, 9.17) is 16.3 Å². The van der Waals surface area contributed by atoms with Crippen LogP contribution in [0, 0.1) is 17.8 Å². The van der Waals surface area contributed by atoms with E-state index in [0.717, 1.165) is 31.1 Å². The van der Waals surface area contributed by atoms with Crippen LogP contribution in [0.5, 0.6) is 0 Å². The van der Waals surface area contributed by atoms with Crippen LogP contribution >= 0.6 is 11.6 Å². The zero-order valence-corrected chi connectivity index (χ0v) is 19.2. The van der Waals surface area contributed by atoms with Gasteiger partial charge in [0.05, 0.1) is 12.5 Å². The number of unbranched alkanes of at least 4 members (excludes halogenated alkanes) is 9. The van der Waals surface area contributed by atoms with E-state index in [1.807, 2.05) is 0 Å². The molecule has 0 aromatic heterocycles. The number of carbonyl (C=O) groups is 1. The summed E-state index contributed by atoms with van der Waals surface area (Å²) in [5.74, 6) is 1.94. The molecule has 0 heterocycles. The van der Waals surface area contributed by atoms with Crippen molar-refractivity contribution in [1.82, 2.24) is 0 Å². The van der Waals surface area contributed by atoms with Gasteiger partial charge in [0, 0.05) is 5.38 Å². The quantitative estimate of drug-likeness (QED) is 0.174. The van der Waals surface area contributed by atoms with Crippen molar-refractivity contribution in [2.45, 2.75) is 128 Å². The Kier molecular flexibility index (Phi) is 12.6. The molecule has 0 amide bonds. The number of carbonyl (C=O) groups excluding carboxylic acids is 1. The highest BCUT2D eigenvalue weighted by atomic mass is 35.5. The van der Waals surface area contributed by atoms with Gasteiger partial charge in [0.1, 0.15) is 0 Å². The van der Waals surface area contributed by atoms with Gasteiger partial charge in [0.2, 0.25) is 0 Å². The van der Waals surface area contributed by atoms with Crippen molar-refractivity contribution in [2.75, 3.05) is 6.61 Å². The Hall–Kier alpha value is -0.240. The fourth-order valence-corrected chi connectivity index (χ4v) is 5.51.